The number of rotatable bonds is 9. The molecule has 0 unspecified atom stereocenters. The number of pyridine rings is 2. The van der Waals surface area contributed by atoms with Gasteiger partial charge < -0.3 is 15.0 Å². The smallest absolute Gasteiger partial charge is 0.224 e. The van der Waals surface area contributed by atoms with E-state index in [-0.39, 0.29) is 17.7 Å². The highest BCUT2D eigenvalue weighted by molar-refractivity contribution is 5.79. The zero-order valence-corrected chi connectivity index (χ0v) is 18.4. The van der Waals surface area contributed by atoms with Crippen LogP contribution in [0.1, 0.15) is 23.4 Å². The molecule has 0 aliphatic carbocycles. The lowest BCUT2D eigenvalue weighted by Crippen LogP contribution is -2.47. The quantitative estimate of drug-likeness (QED) is 0.537. The predicted molar refractivity (Wildman–Crippen MR) is 121 cm³/mol. The summed E-state index contributed by atoms with van der Waals surface area (Å²) >= 11 is 0. The van der Waals surface area contributed by atoms with Crippen molar-refractivity contribution < 1.29 is 9.53 Å². The van der Waals surface area contributed by atoms with E-state index in [0.29, 0.717) is 13.2 Å². The van der Waals surface area contributed by atoms with Gasteiger partial charge in [-0.1, -0.05) is 0 Å². The first-order valence-corrected chi connectivity index (χ1v) is 11.1. The Morgan fingerprint density at radius 2 is 2.06 bits per heavy atom. The van der Waals surface area contributed by atoms with E-state index < -0.39 is 0 Å². The molecule has 32 heavy (non-hydrogen) atoms. The molecule has 8 heteroatoms. The average molecular weight is 435 g/mol. The topological polar surface area (TPSA) is 96.0 Å². The fourth-order valence-corrected chi connectivity index (χ4v) is 4.13. The number of piperidine rings is 1. The van der Waals surface area contributed by atoms with Crippen molar-refractivity contribution in [3.8, 4) is 5.75 Å². The summed E-state index contributed by atoms with van der Waals surface area (Å²) in [6, 6.07) is 7.94. The van der Waals surface area contributed by atoms with Gasteiger partial charge in [0, 0.05) is 68.5 Å². The second kappa shape index (κ2) is 10.9. The lowest BCUT2D eigenvalue weighted by molar-refractivity contribution is -0.127. The van der Waals surface area contributed by atoms with E-state index in [4.69, 9.17) is 4.74 Å². The molecule has 1 amide bonds. The molecule has 3 aromatic heterocycles. The standard InChI is InChI=1S/C24H30N6O2/c1-18-2-3-23(12-28-18)32-16-20-10-21(24(31)27-9-6-22-11-26-17-29-22)15-30(14-20)13-19-4-7-25-8-5-19/h2-5,7-8,11-12,17,20-21H,6,9-10,13-16H2,1H3,(H,26,29)(H,27,31)/t20-,21+/m0/s1. The summed E-state index contributed by atoms with van der Waals surface area (Å²) in [4.78, 5) is 30.8. The van der Waals surface area contributed by atoms with Crippen molar-refractivity contribution in [3.63, 3.8) is 0 Å². The van der Waals surface area contributed by atoms with Crippen molar-refractivity contribution in [3.05, 3.63) is 72.3 Å². The second-order valence-electron chi connectivity index (χ2n) is 8.41. The number of hydrogen-bond acceptors (Lipinski definition) is 6. The Balaban J connectivity index is 1.36. The molecule has 0 spiro atoms. The third kappa shape index (κ3) is 6.37. The normalized spacial score (nSPS) is 18.9. The molecule has 3 aromatic rings. The van der Waals surface area contributed by atoms with Crippen molar-refractivity contribution in [1.29, 1.82) is 0 Å². The zero-order chi connectivity index (χ0) is 22.2. The Kier molecular flexibility index (Phi) is 7.45. The van der Waals surface area contributed by atoms with Crippen LogP contribution in [0.25, 0.3) is 0 Å². The van der Waals surface area contributed by atoms with Gasteiger partial charge in [0.05, 0.1) is 25.0 Å². The Hall–Kier alpha value is -3.26. The second-order valence-corrected chi connectivity index (χ2v) is 8.41. The number of aromatic nitrogens is 4. The van der Waals surface area contributed by atoms with Crippen molar-refractivity contribution in [2.75, 3.05) is 26.2 Å². The molecule has 1 aliphatic heterocycles. The molecule has 1 fully saturated rings. The number of ether oxygens (including phenoxy) is 1. The van der Waals surface area contributed by atoms with E-state index in [1.807, 2.05) is 43.6 Å². The number of imidazole rings is 1. The molecule has 8 nitrogen and oxygen atoms in total. The fourth-order valence-electron chi connectivity index (χ4n) is 4.13. The Bertz CT molecular complexity index is 962. The highest BCUT2D eigenvalue weighted by atomic mass is 16.5. The number of hydrogen-bond donors (Lipinski definition) is 2. The van der Waals surface area contributed by atoms with Crippen LogP contribution in [0.15, 0.2) is 55.4 Å². The minimum Gasteiger partial charge on any atom is -0.492 e. The van der Waals surface area contributed by atoms with Gasteiger partial charge in [0.2, 0.25) is 5.91 Å². The molecule has 4 rings (SSSR count). The maximum absolute atomic E-state index is 13.0. The summed E-state index contributed by atoms with van der Waals surface area (Å²) < 4.78 is 6.02. The first kappa shape index (κ1) is 22.0. The molecular weight excluding hydrogens is 404 g/mol. The predicted octanol–water partition coefficient (Wildman–Crippen LogP) is 2.38. The zero-order valence-electron chi connectivity index (χ0n) is 18.4. The maximum atomic E-state index is 13.0. The van der Waals surface area contributed by atoms with E-state index in [2.05, 4.69) is 30.2 Å². The van der Waals surface area contributed by atoms with Crippen LogP contribution in [0.2, 0.25) is 0 Å². The largest absolute Gasteiger partial charge is 0.492 e. The Morgan fingerprint density at radius 1 is 1.19 bits per heavy atom. The number of amides is 1. The van der Waals surface area contributed by atoms with E-state index in [9.17, 15) is 4.79 Å². The summed E-state index contributed by atoms with van der Waals surface area (Å²) in [5.74, 6) is 1.06. The lowest BCUT2D eigenvalue weighted by atomic mass is 9.88. The van der Waals surface area contributed by atoms with Crippen LogP contribution in [0.3, 0.4) is 0 Å². The van der Waals surface area contributed by atoms with Gasteiger partial charge in [-0.15, -0.1) is 0 Å². The Morgan fingerprint density at radius 3 is 2.81 bits per heavy atom. The van der Waals surface area contributed by atoms with E-state index >= 15 is 0 Å². The lowest BCUT2D eigenvalue weighted by Gasteiger charge is -2.37. The number of carbonyl (C=O) groups excluding carboxylic acids is 1. The molecular formula is C24H30N6O2. The first-order chi connectivity index (χ1) is 15.7. The van der Waals surface area contributed by atoms with Crippen LogP contribution in [0.4, 0.5) is 0 Å². The van der Waals surface area contributed by atoms with Gasteiger partial charge in [0.25, 0.3) is 0 Å². The van der Waals surface area contributed by atoms with Gasteiger partial charge in [0.1, 0.15) is 5.75 Å². The third-order valence-electron chi connectivity index (χ3n) is 5.76. The number of likely N-dealkylation sites (tertiary alicyclic amines) is 1. The van der Waals surface area contributed by atoms with Crippen LogP contribution in [-0.2, 0) is 17.8 Å². The van der Waals surface area contributed by atoms with Gasteiger partial charge in [-0.05, 0) is 43.2 Å². The van der Waals surface area contributed by atoms with E-state index in [1.54, 1.807) is 18.7 Å². The molecule has 0 aromatic carbocycles. The number of H-pyrrole nitrogens is 1. The summed E-state index contributed by atoms with van der Waals surface area (Å²) in [5, 5.41) is 3.10. The monoisotopic (exact) mass is 434 g/mol. The molecule has 2 atom stereocenters. The molecule has 0 bridgehead atoms. The van der Waals surface area contributed by atoms with Gasteiger partial charge in [-0.3, -0.25) is 19.7 Å². The summed E-state index contributed by atoms with van der Waals surface area (Å²) in [6.07, 6.45) is 10.4. The maximum Gasteiger partial charge on any atom is 0.224 e. The summed E-state index contributed by atoms with van der Waals surface area (Å²) in [5.41, 5.74) is 3.18. The number of nitrogens with zero attached hydrogens (tertiary/aromatic N) is 4. The minimum atomic E-state index is -0.0721. The van der Waals surface area contributed by atoms with E-state index in [0.717, 1.165) is 49.6 Å². The van der Waals surface area contributed by atoms with Crippen LogP contribution in [-0.4, -0.2) is 57.0 Å². The number of aryl methyl sites for hydroxylation is 1. The highest BCUT2D eigenvalue weighted by Crippen LogP contribution is 2.25. The molecule has 1 aliphatic rings. The van der Waals surface area contributed by atoms with Crippen molar-refractivity contribution in [2.45, 2.75) is 26.3 Å². The Labute approximate surface area is 188 Å². The van der Waals surface area contributed by atoms with E-state index in [1.165, 1.54) is 5.56 Å². The van der Waals surface area contributed by atoms with Gasteiger partial charge in [-0.25, -0.2) is 4.98 Å². The van der Waals surface area contributed by atoms with Crippen LogP contribution in [0, 0.1) is 18.8 Å². The van der Waals surface area contributed by atoms with Crippen LogP contribution in [0.5, 0.6) is 5.75 Å². The molecule has 0 saturated carbocycles. The van der Waals surface area contributed by atoms with Crippen molar-refractivity contribution >= 4 is 5.91 Å². The first-order valence-electron chi connectivity index (χ1n) is 11.1. The molecule has 168 valence electrons. The van der Waals surface area contributed by atoms with Gasteiger partial charge >= 0.3 is 0 Å². The van der Waals surface area contributed by atoms with Crippen molar-refractivity contribution in [1.82, 2.24) is 30.2 Å². The SMILES string of the molecule is Cc1ccc(OC[C@H]2C[C@@H](C(=O)NCCc3cnc[nH]3)CN(Cc3ccncc3)C2)cn1. The van der Waals surface area contributed by atoms with Crippen molar-refractivity contribution in [2.24, 2.45) is 11.8 Å². The van der Waals surface area contributed by atoms with Gasteiger partial charge in [0.15, 0.2) is 0 Å². The number of nitrogens with one attached hydrogen (secondary N) is 2. The summed E-state index contributed by atoms with van der Waals surface area (Å²) in [6.45, 7) is 5.54. The van der Waals surface area contributed by atoms with Crippen LogP contribution >= 0.6 is 0 Å². The average Bonchev–Trinajstić information content (AvgIpc) is 3.33. The number of carbonyl (C=O) groups is 1. The fraction of sp³-hybridized carbons (Fsp3) is 0.417. The molecule has 0 radical (unpaired) electrons. The molecule has 2 N–H and O–H groups in total. The number of aromatic amines is 1. The minimum absolute atomic E-state index is 0.0721. The highest BCUT2D eigenvalue weighted by Gasteiger charge is 2.32. The van der Waals surface area contributed by atoms with Crippen LogP contribution < -0.4 is 10.1 Å². The molecule has 1 saturated heterocycles. The molecule has 4 heterocycles. The van der Waals surface area contributed by atoms with Gasteiger partial charge in [-0.2, -0.15) is 0 Å². The summed E-state index contributed by atoms with van der Waals surface area (Å²) in [7, 11) is 0. The third-order valence-corrected chi connectivity index (χ3v) is 5.76.